The average molecular weight is 321 g/mol. The minimum absolute atomic E-state index is 0.318. The molecule has 0 aliphatic carbocycles. The summed E-state index contributed by atoms with van der Waals surface area (Å²) in [6.45, 7) is 2.08. The highest BCUT2D eigenvalue weighted by molar-refractivity contribution is 6.29. The lowest BCUT2D eigenvalue weighted by Crippen LogP contribution is -2.31. The van der Waals surface area contributed by atoms with Crippen molar-refractivity contribution in [3.05, 3.63) is 64.9 Å². The first-order valence-corrected chi connectivity index (χ1v) is 7.60. The van der Waals surface area contributed by atoms with Gasteiger partial charge in [0, 0.05) is 19.3 Å². The molecule has 1 unspecified atom stereocenters. The number of rotatable bonds is 8. The van der Waals surface area contributed by atoms with Crippen molar-refractivity contribution in [3.63, 3.8) is 0 Å². The van der Waals surface area contributed by atoms with E-state index in [1.165, 1.54) is 0 Å². The number of pyridine rings is 1. The zero-order chi connectivity index (χ0) is 15.8. The van der Waals surface area contributed by atoms with Crippen LogP contribution < -0.4 is 0 Å². The van der Waals surface area contributed by atoms with E-state index in [9.17, 15) is 5.11 Å². The predicted octanol–water partition coefficient (Wildman–Crippen LogP) is 2.74. The van der Waals surface area contributed by atoms with Crippen LogP contribution in [0.5, 0.6) is 0 Å². The number of ether oxygens (including phenoxy) is 1. The number of hydrogen-bond acceptors (Lipinski definition) is 4. The van der Waals surface area contributed by atoms with Gasteiger partial charge in [-0.2, -0.15) is 0 Å². The van der Waals surface area contributed by atoms with Crippen molar-refractivity contribution in [2.45, 2.75) is 19.3 Å². The van der Waals surface area contributed by atoms with E-state index in [0.29, 0.717) is 31.5 Å². The van der Waals surface area contributed by atoms with Crippen LogP contribution in [-0.2, 0) is 17.9 Å². The molecular formula is C17H21ClN2O2. The number of likely N-dealkylation sites (N-methyl/N-ethyl adjacent to an activating group) is 1. The standard InChI is InChI=1S/C17H21ClN2O2/c1-20(10-15-7-8-17(18)19-9-15)11-16(21)13-22-12-14-5-3-2-4-6-14/h2-9,16,21H,10-13H2,1H3. The summed E-state index contributed by atoms with van der Waals surface area (Å²) in [5.74, 6) is 0. The van der Waals surface area contributed by atoms with Crippen molar-refractivity contribution in [2.24, 2.45) is 0 Å². The molecule has 0 radical (unpaired) electrons. The first-order chi connectivity index (χ1) is 10.6. The lowest BCUT2D eigenvalue weighted by atomic mass is 10.2. The maximum Gasteiger partial charge on any atom is 0.129 e. The van der Waals surface area contributed by atoms with Crippen molar-refractivity contribution in [1.82, 2.24) is 9.88 Å². The Morgan fingerprint density at radius 3 is 2.64 bits per heavy atom. The van der Waals surface area contributed by atoms with Crippen molar-refractivity contribution in [3.8, 4) is 0 Å². The Bertz CT molecular complexity index is 548. The normalized spacial score (nSPS) is 12.5. The van der Waals surface area contributed by atoms with Crippen molar-refractivity contribution < 1.29 is 9.84 Å². The van der Waals surface area contributed by atoms with E-state index in [-0.39, 0.29) is 0 Å². The molecule has 1 aromatic heterocycles. The topological polar surface area (TPSA) is 45.6 Å². The molecule has 1 aromatic carbocycles. The van der Waals surface area contributed by atoms with Gasteiger partial charge >= 0.3 is 0 Å². The molecule has 1 N–H and O–H groups in total. The second kappa shape index (κ2) is 8.86. The number of benzene rings is 1. The molecule has 0 aliphatic heterocycles. The molecular weight excluding hydrogens is 300 g/mol. The van der Waals surface area contributed by atoms with Crippen LogP contribution in [0.4, 0.5) is 0 Å². The highest BCUT2D eigenvalue weighted by atomic mass is 35.5. The van der Waals surface area contributed by atoms with Crippen LogP contribution in [0.3, 0.4) is 0 Å². The summed E-state index contributed by atoms with van der Waals surface area (Å²) in [6, 6.07) is 13.6. The number of aliphatic hydroxyl groups excluding tert-OH is 1. The maximum absolute atomic E-state index is 10.0. The molecule has 0 bridgehead atoms. The van der Waals surface area contributed by atoms with Gasteiger partial charge in [-0.05, 0) is 24.2 Å². The van der Waals surface area contributed by atoms with Gasteiger partial charge in [0.25, 0.3) is 0 Å². The van der Waals surface area contributed by atoms with E-state index in [0.717, 1.165) is 11.1 Å². The largest absolute Gasteiger partial charge is 0.389 e. The second-order valence-corrected chi connectivity index (χ2v) is 5.73. The third-order valence-electron chi connectivity index (χ3n) is 3.19. The number of hydrogen-bond donors (Lipinski definition) is 1. The fraction of sp³-hybridized carbons (Fsp3) is 0.353. The Morgan fingerprint density at radius 1 is 1.18 bits per heavy atom. The molecule has 0 amide bonds. The fourth-order valence-electron chi connectivity index (χ4n) is 2.18. The molecule has 0 saturated heterocycles. The lowest BCUT2D eigenvalue weighted by Gasteiger charge is -2.20. The van der Waals surface area contributed by atoms with E-state index in [2.05, 4.69) is 4.98 Å². The van der Waals surface area contributed by atoms with Crippen LogP contribution in [0, 0.1) is 0 Å². The van der Waals surface area contributed by atoms with Gasteiger partial charge in [0.2, 0.25) is 0 Å². The lowest BCUT2D eigenvalue weighted by molar-refractivity contribution is 0.0127. The SMILES string of the molecule is CN(Cc1ccc(Cl)nc1)CC(O)COCc1ccccc1. The summed E-state index contributed by atoms with van der Waals surface area (Å²) in [5, 5.41) is 10.5. The molecule has 0 spiro atoms. The summed E-state index contributed by atoms with van der Waals surface area (Å²) in [6.07, 6.45) is 1.23. The quantitative estimate of drug-likeness (QED) is 0.760. The molecule has 22 heavy (non-hydrogen) atoms. The number of nitrogens with zero attached hydrogens (tertiary/aromatic N) is 2. The van der Waals surface area contributed by atoms with Crippen molar-refractivity contribution >= 4 is 11.6 Å². The molecule has 0 fully saturated rings. The predicted molar refractivity (Wildman–Crippen MR) is 87.7 cm³/mol. The number of aliphatic hydroxyl groups is 1. The number of halogens is 1. The molecule has 1 heterocycles. The van der Waals surface area contributed by atoms with Gasteiger partial charge in [0.05, 0.1) is 19.3 Å². The number of aromatic nitrogens is 1. The van der Waals surface area contributed by atoms with Gasteiger partial charge in [-0.3, -0.25) is 4.90 Å². The third-order valence-corrected chi connectivity index (χ3v) is 3.41. The van der Waals surface area contributed by atoms with Gasteiger partial charge in [-0.15, -0.1) is 0 Å². The summed E-state index contributed by atoms with van der Waals surface area (Å²) in [5.41, 5.74) is 2.17. The van der Waals surface area contributed by atoms with Gasteiger partial charge < -0.3 is 9.84 Å². The van der Waals surface area contributed by atoms with Crippen LogP contribution >= 0.6 is 11.6 Å². The van der Waals surface area contributed by atoms with Crippen LogP contribution in [0.25, 0.3) is 0 Å². The smallest absolute Gasteiger partial charge is 0.129 e. The zero-order valence-electron chi connectivity index (χ0n) is 12.7. The molecule has 0 aliphatic rings. The molecule has 2 aromatic rings. The van der Waals surface area contributed by atoms with Gasteiger partial charge in [0.1, 0.15) is 5.15 Å². The Balaban J connectivity index is 1.67. The monoisotopic (exact) mass is 320 g/mol. The van der Waals surface area contributed by atoms with Gasteiger partial charge in [-0.25, -0.2) is 4.98 Å². The summed E-state index contributed by atoms with van der Waals surface area (Å²) in [7, 11) is 1.95. The summed E-state index contributed by atoms with van der Waals surface area (Å²) >= 11 is 5.76. The van der Waals surface area contributed by atoms with Crippen LogP contribution in [-0.4, -0.2) is 41.3 Å². The maximum atomic E-state index is 10.0. The Hall–Kier alpha value is -1.46. The Kier molecular flexibility index (Phi) is 6.80. The fourth-order valence-corrected chi connectivity index (χ4v) is 2.29. The van der Waals surface area contributed by atoms with Crippen LogP contribution in [0.15, 0.2) is 48.7 Å². The van der Waals surface area contributed by atoms with E-state index >= 15 is 0 Å². The van der Waals surface area contributed by atoms with E-state index in [1.807, 2.05) is 48.3 Å². The summed E-state index contributed by atoms with van der Waals surface area (Å²) < 4.78 is 5.54. The molecule has 4 nitrogen and oxygen atoms in total. The summed E-state index contributed by atoms with van der Waals surface area (Å²) in [4.78, 5) is 6.08. The Labute approximate surface area is 136 Å². The van der Waals surface area contributed by atoms with Crippen LogP contribution in [0.2, 0.25) is 5.15 Å². The zero-order valence-corrected chi connectivity index (χ0v) is 13.4. The van der Waals surface area contributed by atoms with Gasteiger partial charge in [0.15, 0.2) is 0 Å². The highest BCUT2D eigenvalue weighted by Crippen LogP contribution is 2.08. The van der Waals surface area contributed by atoms with E-state index in [1.54, 1.807) is 12.3 Å². The average Bonchev–Trinajstić information content (AvgIpc) is 2.50. The molecule has 118 valence electrons. The first-order valence-electron chi connectivity index (χ1n) is 7.22. The molecule has 5 heteroatoms. The van der Waals surface area contributed by atoms with Gasteiger partial charge in [-0.1, -0.05) is 48.0 Å². The molecule has 1 atom stereocenters. The third kappa shape index (κ3) is 6.12. The molecule has 0 saturated carbocycles. The minimum Gasteiger partial charge on any atom is -0.389 e. The minimum atomic E-state index is -0.519. The first kappa shape index (κ1) is 16.9. The van der Waals surface area contributed by atoms with Crippen LogP contribution in [0.1, 0.15) is 11.1 Å². The van der Waals surface area contributed by atoms with Crippen molar-refractivity contribution in [2.75, 3.05) is 20.2 Å². The molecule has 2 rings (SSSR count). The highest BCUT2D eigenvalue weighted by Gasteiger charge is 2.09. The van der Waals surface area contributed by atoms with Crippen molar-refractivity contribution in [1.29, 1.82) is 0 Å². The Morgan fingerprint density at radius 2 is 1.95 bits per heavy atom. The van der Waals surface area contributed by atoms with E-state index < -0.39 is 6.10 Å². The second-order valence-electron chi connectivity index (χ2n) is 5.34. The van der Waals surface area contributed by atoms with E-state index in [4.69, 9.17) is 16.3 Å².